The number of rotatable bonds is 1. The number of carboxylic acids is 1. The molecule has 0 amide bonds. The summed E-state index contributed by atoms with van der Waals surface area (Å²) in [6.45, 7) is 4.60. The van der Waals surface area contributed by atoms with Crippen LogP contribution < -0.4 is 0 Å². The lowest BCUT2D eigenvalue weighted by atomic mass is 10.4. The average molecular weight is 226 g/mol. The van der Waals surface area contributed by atoms with Gasteiger partial charge in [0.25, 0.3) is 0 Å². The molecule has 0 aromatic rings. The molecule has 2 rings (SSSR count). The zero-order valence-electron chi connectivity index (χ0n) is 10.6. The smallest absolute Gasteiger partial charge is 0.330 e. The lowest BCUT2D eigenvalue weighted by Gasteiger charge is -1.79. The van der Waals surface area contributed by atoms with E-state index in [1.165, 1.54) is 71.1 Å². The topological polar surface area (TPSA) is 37.3 Å². The Morgan fingerprint density at radius 3 is 1.00 bits per heavy atom. The van der Waals surface area contributed by atoms with Gasteiger partial charge in [-0.25, -0.2) is 4.79 Å². The van der Waals surface area contributed by atoms with Gasteiger partial charge in [0, 0.05) is 5.57 Å². The molecule has 0 aliphatic heterocycles. The predicted octanol–water partition coefficient (Wildman–Crippen LogP) is 4.55. The molecule has 0 spiro atoms. The van der Waals surface area contributed by atoms with Crippen LogP contribution in [0.25, 0.3) is 0 Å². The summed E-state index contributed by atoms with van der Waals surface area (Å²) in [5, 5.41) is 7.89. The molecule has 2 saturated carbocycles. The van der Waals surface area contributed by atoms with Gasteiger partial charge in [-0.1, -0.05) is 70.8 Å². The second-order valence-electron chi connectivity index (χ2n) is 4.62. The van der Waals surface area contributed by atoms with Crippen LogP contribution in [0.15, 0.2) is 12.2 Å². The SMILES string of the molecule is C1CCCC1.C1CCCC1.C=C(C)C(=O)O. The van der Waals surface area contributed by atoms with Crippen LogP contribution in [0.2, 0.25) is 0 Å². The normalized spacial score (nSPS) is 17.8. The first-order valence-corrected chi connectivity index (χ1v) is 6.53. The Bertz CT molecular complexity index is 152. The maximum Gasteiger partial charge on any atom is 0.330 e. The van der Waals surface area contributed by atoms with Crippen molar-refractivity contribution in [3.05, 3.63) is 12.2 Å². The molecule has 0 atom stereocenters. The van der Waals surface area contributed by atoms with Gasteiger partial charge in [-0.15, -0.1) is 0 Å². The Kier molecular flexibility index (Phi) is 10.2. The van der Waals surface area contributed by atoms with Crippen LogP contribution in [-0.2, 0) is 4.79 Å². The van der Waals surface area contributed by atoms with E-state index in [9.17, 15) is 4.79 Å². The van der Waals surface area contributed by atoms with Crippen molar-refractivity contribution in [1.82, 2.24) is 0 Å². The predicted molar refractivity (Wildman–Crippen MR) is 68.6 cm³/mol. The van der Waals surface area contributed by atoms with E-state index < -0.39 is 5.97 Å². The molecule has 1 N–H and O–H groups in total. The Balaban J connectivity index is 0.000000211. The van der Waals surface area contributed by atoms with E-state index in [0.717, 1.165) is 0 Å². The standard InChI is InChI=1S/2C5H10.C4H6O2/c2*1-2-4-5-3-1;1-3(2)4(5)6/h2*1-5H2;1H2,2H3,(H,5,6). The van der Waals surface area contributed by atoms with Gasteiger partial charge in [0.2, 0.25) is 0 Å². The summed E-state index contributed by atoms with van der Waals surface area (Å²) in [5.74, 6) is -0.935. The van der Waals surface area contributed by atoms with Crippen LogP contribution in [0.4, 0.5) is 0 Å². The zero-order valence-corrected chi connectivity index (χ0v) is 10.6. The lowest BCUT2D eigenvalue weighted by Crippen LogP contribution is -1.92. The molecule has 2 nitrogen and oxygen atoms in total. The first-order chi connectivity index (χ1) is 7.64. The van der Waals surface area contributed by atoms with Gasteiger partial charge in [-0.3, -0.25) is 0 Å². The molecule has 0 unspecified atom stereocenters. The molecular weight excluding hydrogens is 200 g/mol. The zero-order chi connectivity index (χ0) is 12.2. The van der Waals surface area contributed by atoms with Gasteiger partial charge in [0.15, 0.2) is 0 Å². The van der Waals surface area contributed by atoms with Crippen molar-refractivity contribution in [2.75, 3.05) is 0 Å². The van der Waals surface area contributed by atoms with Crippen LogP contribution in [0.1, 0.15) is 71.1 Å². The van der Waals surface area contributed by atoms with Crippen molar-refractivity contribution < 1.29 is 9.90 Å². The van der Waals surface area contributed by atoms with Gasteiger partial charge in [0.1, 0.15) is 0 Å². The minimum atomic E-state index is -0.935. The number of hydrogen-bond acceptors (Lipinski definition) is 1. The van der Waals surface area contributed by atoms with Gasteiger partial charge < -0.3 is 5.11 Å². The largest absolute Gasteiger partial charge is 0.478 e. The molecule has 0 bridgehead atoms. The quantitative estimate of drug-likeness (QED) is 0.666. The summed E-state index contributed by atoms with van der Waals surface area (Å²) >= 11 is 0. The van der Waals surface area contributed by atoms with Crippen molar-refractivity contribution in [1.29, 1.82) is 0 Å². The first kappa shape index (κ1) is 15.2. The summed E-state index contributed by atoms with van der Waals surface area (Å²) in [6, 6.07) is 0. The second kappa shape index (κ2) is 10.7. The van der Waals surface area contributed by atoms with E-state index in [-0.39, 0.29) is 5.57 Å². The van der Waals surface area contributed by atoms with Gasteiger partial charge >= 0.3 is 5.97 Å². The third-order valence-corrected chi connectivity index (χ3v) is 2.87. The molecule has 0 heterocycles. The Hall–Kier alpha value is -0.790. The van der Waals surface area contributed by atoms with E-state index in [0.29, 0.717) is 0 Å². The highest BCUT2D eigenvalue weighted by atomic mass is 16.4. The van der Waals surface area contributed by atoms with Crippen molar-refractivity contribution in [2.45, 2.75) is 71.1 Å². The Labute approximate surface area is 99.7 Å². The average Bonchev–Trinajstić information content (AvgIpc) is 2.97. The molecule has 2 aliphatic rings. The van der Waals surface area contributed by atoms with Crippen LogP contribution in [0.5, 0.6) is 0 Å². The third kappa shape index (κ3) is 11.3. The molecule has 0 saturated heterocycles. The summed E-state index contributed by atoms with van der Waals surface area (Å²) in [4.78, 5) is 9.60. The van der Waals surface area contributed by atoms with E-state index >= 15 is 0 Å². The first-order valence-electron chi connectivity index (χ1n) is 6.53. The fraction of sp³-hybridized carbons (Fsp3) is 0.786. The van der Waals surface area contributed by atoms with Gasteiger partial charge in [-0.05, 0) is 6.92 Å². The van der Waals surface area contributed by atoms with E-state index in [1.807, 2.05) is 0 Å². The van der Waals surface area contributed by atoms with Crippen molar-refractivity contribution >= 4 is 5.97 Å². The molecule has 16 heavy (non-hydrogen) atoms. The van der Waals surface area contributed by atoms with Gasteiger partial charge in [-0.2, -0.15) is 0 Å². The number of carbonyl (C=O) groups is 1. The van der Waals surface area contributed by atoms with Crippen LogP contribution >= 0.6 is 0 Å². The lowest BCUT2D eigenvalue weighted by molar-refractivity contribution is -0.132. The van der Waals surface area contributed by atoms with E-state index in [2.05, 4.69) is 6.58 Å². The highest BCUT2D eigenvalue weighted by molar-refractivity contribution is 5.84. The summed E-state index contributed by atoms with van der Waals surface area (Å²) in [7, 11) is 0. The van der Waals surface area contributed by atoms with Crippen molar-refractivity contribution in [3.63, 3.8) is 0 Å². The van der Waals surface area contributed by atoms with Crippen LogP contribution in [-0.4, -0.2) is 11.1 Å². The third-order valence-electron chi connectivity index (χ3n) is 2.87. The highest BCUT2D eigenvalue weighted by Crippen LogP contribution is 2.15. The second-order valence-corrected chi connectivity index (χ2v) is 4.62. The Morgan fingerprint density at radius 1 is 0.812 bits per heavy atom. The molecule has 0 aromatic heterocycles. The molecule has 0 radical (unpaired) electrons. The maximum absolute atomic E-state index is 9.60. The number of aliphatic carboxylic acids is 1. The Morgan fingerprint density at radius 2 is 0.938 bits per heavy atom. The van der Waals surface area contributed by atoms with Crippen LogP contribution in [0.3, 0.4) is 0 Å². The van der Waals surface area contributed by atoms with Crippen molar-refractivity contribution in [2.24, 2.45) is 0 Å². The van der Waals surface area contributed by atoms with E-state index in [4.69, 9.17) is 5.11 Å². The molecule has 2 aliphatic carbocycles. The van der Waals surface area contributed by atoms with Crippen molar-refractivity contribution in [3.8, 4) is 0 Å². The number of carboxylic acid groups (broad SMARTS) is 1. The maximum atomic E-state index is 9.60. The number of hydrogen-bond donors (Lipinski definition) is 1. The monoisotopic (exact) mass is 226 g/mol. The van der Waals surface area contributed by atoms with Crippen LogP contribution in [0, 0.1) is 0 Å². The molecular formula is C14H26O2. The minimum absolute atomic E-state index is 0.176. The fourth-order valence-corrected chi connectivity index (χ4v) is 1.77. The minimum Gasteiger partial charge on any atom is -0.478 e. The molecule has 2 fully saturated rings. The molecule has 94 valence electrons. The summed E-state index contributed by atoms with van der Waals surface area (Å²) < 4.78 is 0. The molecule has 2 heteroatoms. The van der Waals surface area contributed by atoms with E-state index in [1.54, 1.807) is 0 Å². The molecule has 0 aromatic carbocycles. The van der Waals surface area contributed by atoms with Gasteiger partial charge in [0.05, 0.1) is 0 Å². The summed E-state index contributed by atoms with van der Waals surface area (Å²) in [5.41, 5.74) is 0.176. The fourth-order valence-electron chi connectivity index (χ4n) is 1.77. The highest BCUT2D eigenvalue weighted by Gasteiger charge is 1.95. The summed E-state index contributed by atoms with van der Waals surface area (Å²) in [6.07, 6.45) is 15.0.